The van der Waals surface area contributed by atoms with E-state index in [1.807, 2.05) is 4.68 Å². The molecular formula is C16H30N4. The minimum Gasteiger partial charge on any atom is -0.327 e. The van der Waals surface area contributed by atoms with Crippen molar-refractivity contribution in [3.63, 3.8) is 0 Å². The zero-order valence-electron chi connectivity index (χ0n) is 13.5. The summed E-state index contributed by atoms with van der Waals surface area (Å²) in [6, 6.07) is 0.227. The molecule has 1 heterocycles. The van der Waals surface area contributed by atoms with E-state index in [0.717, 1.165) is 24.7 Å². The molecule has 0 radical (unpaired) electrons. The molecule has 0 spiro atoms. The van der Waals surface area contributed by atoms with Crippen LogP contribution in [0.3, 0.4) is 0 Å². The summed E-state index contributed by atoms with van der Waals surface area (Å²) in [5.74, 6) is 2.54. The molecule has 1 atom stereocenters. The molecule has 1 saturated carbocycles. The highest BCUT2D eigenvalue weighted by Gasteiger charge is 2.32. The van der Waals surface area contributed by atoms with Gasteiger partial charge in [0.05, 0.1) is 0 Å². The van der Waals surface area contributed by atoms with Gasteiger partial charge < -0.3 is 5.73 Å². The lowest BCUT2D eigenvalue weighted by atomic mass is 9.68. The van der Waals surface area contributed by atoms with E-state index in [1.165, 1.54) is 25.7 Å². The number of hydrogen-bond donors (Lipinski definition) is 1. The van der Waals surface area contributed by atoms with Gasteiger partial charge >= 0.3 is 0 Å². The molecule has 0 aliphatic heterocycles. The van der Waals surface area contributed by atoms with Crippen molar-refractivity contribution in [1.82, 2.24) is 14.8 Å². The maximum Gasteiger partial charge on any atom is 0.138 e. The smallest absolute Gasteiger partial charge is 0.138 e. The van der Waals surface area contributed by atoms with Crippen molar-refractivity contribution in [3.05, 3.63) is 12.2 Å². The normalized spacial score (nSPS) is 25.6. The van der Waals surface area contributed by atoms with Gasteiger partial charge in [-0.3, -0.25) is 4.68 Å². The summed E-state index contributed by atoms with van der Waals surface area (Å²) in [5.41, 5.74) is 6.88. The molecule has 1 aliphatic carbocycles. The fraction of sp³-hybridized carbons (Fsp3) is 0.875. The van der Waals surface area contributed by atoms with Gasteiger partial charge in [-0.1, -0.05) is 20.8 Å². The molecule has 4 nitrogen and oxygen atoms in total. The maximum absolute atomic E-state index is 6.44. The third-order valence-corrected chi connectivity index (χ3v) is 5.02. The molecule has 0 bridgehead atoms. The van der Waals surface area contributed by atoms with Crippen LogP contribution in [0.15, 0.2) is 6.33 Å². The largest absolute Gasteiger partial charge is 0.327 e. The van der Waals surface area contributed by atoms with Gasteiger partial charge in [-0.2, -0.15) is 5.10 Å². The zero-order valence-corrected chi connectivity index (χ0v) is 13.5. The fourth-order valence-electron chi connectivity index (χ4n) is 3.50. The third kappa shape index (κ3) is 3.60. The molecule has 1 unspecified atom stereocenters. The molecule has 114 valence electrons. The molecule has 20 heavy (non-hydrogen) atoms. The van der Waals surface area contributed by atoms with E-state index in [1.54, 1.807) is 6.33 Å². The second kappa shape index (κ2) is 6.25. The standard InChI is InChI=1S/C16H30N4/c1-5-20-15(18-11-19-20)10-14(17)12-6-8-13(9-7-12)16(2,3)4/h11-14H,5-10,17H2,1-4H3. The van der Waals surface area contributed by atoms with Crippen LogP contribution in [-0.4, -0.2) is 20.8 Å². The van der Waals surface area contributed by atoms with Crippen LogP contribution in [0, 0.1) is 17.3 Å². The summed E-state index contributed by atoms with van der Waals surface area (Å²) < 4.78 is 1.96. The van der Waals surface area contributed by atoms with E-state index < -0.39 is 0 Å². The van der Waals surface area contributed by atoms with Gasteiger partial charge in [0.15, 0.2) is 0 Å². The zero-order chi connectivity index (χ0) is 14.8. The monoisotopic (exact) mass is 278 g/mol. The molecule has 0 amide bonds. The summed E-state index contributed by atoms with van der Waals surface area (Å²) in [4.78, 5) is 4.35. The second-order valence-electron chi connectivity index (χ2n) is 7.34. The van der Waals surface area contributed by atoms with Gasteiger partial charge in [-0.15, -0.1) is 0 Å². The Morgan fingerprint density at radius 2 is 1.95 bits per heavy atom. The first-order valence-corrected chi connectivity index (χ1v) is 8.04. The Balaban J connectivity index is 1.87. The van der Waals surface area contributed by atoms with E-state index in [9.17, 15) is 0 Å². The van der Waals surface area contributed by atoms with E-state index in [4.69, 9.17) is 5.73 Å². The molecule has 1 aromatic heterocycles. The van der Waals surface area contributed by atoms with Crippen molar-refractivity contribution in [2.45, 2.75) is 72.4 Å². The second-order valence-corrected chi connectivity index (χ2v) is 7.34. The van der Waals surface area contributed by atoms with Gasteiger partial charge in [0.2, 0.25) is 0 Å². The minimum absolute atomic E-state index is 0.227. The topological polar surface area (TPSA) is 56.7 Å². The number of aromatic nitrogens is 3. The molecular weight excluding hydrogens is 248 g/mol. The molecule has 4 heteroatoms. The number of nitrogens with zero attached hydrogens (tertiary/aromatic N) is 3. The Morgan fingerprint density at radius 3 is 2.50 bits per heavy atom. The van der Waals surface area contributed by atoms with Crippen LogP contribution >= 0.6 is 0 Å². The Kier molecular flexibility index (Phi) is 4.84. The Morgan fingerprint density at radius 1 is 1.30 bits per heavy atom. The molecule has 1 aromatic rings. The van der Waals surface area contributed by atoms with Crippen LogP contribution < -0.4 is 5.73 Å². The molecule has 0 aromatic carbocycles. The average Bonchev–Trinajstić information content (AvgIpc) is 2.85. The molecule has 2 N–H and O–H groups in total. The predicted molar refractivity (Wildman–Crippen MR) is 82.3 cm³/mol. The minimum atomic E-state index is 0.227. The number of nitrogens with two attached hydrogens (primary N) is 1. The number of aryl methyl sites for hydroxylation is 1. The highest BCUT2D eigenvalue weighted by atomic mass is 15.3. The summed E-state index contributed by atoms with van der Waals surface area (Å²) in [7, 11) is 0. The van der Waals surface area contributed by atoms with Crippen molar-refractivity contribution in [2.24, 2.45) is 23.0 Å². The van der Waals surface area contributed by atoms with Crippen LogP contribution in [0.1, 0.15) is 59.2 Å². The Bertz CT molecular complexity index is 410. The van der Waals surface area contributed by atoms with Crippen LogP contribution in [0.4, 0.5) is 0 Å². The van der Waals surface area contributed by atoms with E-state index >= 15 is 0 Å². The number of rotatable bonds is 4. The average molecular weight is 278 g/mol. The maximum atomic E-state index is 6.44. The van der Waals surface area contributed by atoms with E-state index in [2.05, 4.69) is 37.8 Å². The Labute approximate surface area is 123 Å². The van der Waals surface area contributed by atoms with Crippen LogP contribution in [0.2, 0.25) is 0 Å². The lowest BCUT2D eigenvalue weighted by molar-refractivity contribution is 0.139. The summed E-state index contributed by atoms with van der Waals surface area (Å²) in [6.07, 6.45) is 7.68. The summed E-state index contributed by atoms with van der Waals surface area (Å²) in [5, 5.41) is 4.23. The molecule has 2 rings (SSSR count). The molecule has 1 fully saturated rings. The molecule has 0 saturated heterocycles. The van der Waals surface area contributed by atoms with Crippen molar-refractivity contribution in [2.75, 3.05) is 0 Å². The highest BCUT2D eigenvalue weighted by molar-refractivity contribution is 4.93. The van der Waals surface area contributed by atoms with Gasteiger partial charge in [0.1, 0.15) is 12.2 Å². The van der Waals surface area contributed by atoms with Gasteiger partial charge in [-0.05, 0) is 49.9 Å². The van der Waals surface area contributed by atoms with Crippen LogP contribution in [0.25, 0.3) is 0 Å². The predicted octanol–water partition coefficient (Wildman–Crippen LogP) is 3.02. The van der Waals surface area contributed by atoms with Crippen molar-refractivity contribution >= 4 is 0 Å². The summed E-state index contributed by atoms with van der Waals surface area (Å²) in [6.45, 7) is 10.1. The van der Waals surface area contributed by atoms with Gasteiger partial charge in [0.25, 0.3) is 0 Å². The third-order valence-electron chi connectivity index (χ3n) is 5.02. The van der Waals surface area contributed by atoms with E-state index in [0.29, 0.717) is 11.3 Å². The first-order chi connectivity index (χ1) is 9.41. The highest BCUT2D eigenvalue weighted by Crippen LogP contribution is 2.40. The first-order valence-electron chi connectivity index (χ1n) is 8.04. The lowest BCUT2D eigenvalue weighted by Crippen LogP contribution is -2.37. The van der Waals surface area contributed by atoms with Crippen molar-refractivity contribution < 1.29 is 0 Å². The van der Waals surface area contributed by atoms with Crippen LogP contribution in [0.5, 0.6) is 0 Å². The lowest BCUT2D eigenvalue weighted by Gasteiger charge is -2.38. The first kappa shape index (κ1) is 15.5. The van der Waals surface area contributed by atoms with E-state index in [-0.39, 0.29) is 6.04 Å². The Hall–Kier alpha value is -0.900. The van der Waals surface area contributed by atoms with Crippen molar-refractivity contribution in [1.29, 1.82) is 0 Å². The fourth-order valence-corrected chi connectivity index (χ4v) is 3.50. The van der Waals surface area contributed by atoms with Gasteiger partial charge in [0, 0.05) is 19.0 Å². The van der Waals surface area contributed by atoms with Crippen LogP contribution in [-0.2, 0) is 13.0 Å². The number of hydrogen-bond acceptors (Lipinski definition) is 3. The summed E-state index contributed by atoms with van der Waals surface area (Å²) >= 11 is 0. The van der Waals surface area contributed by atoms with Gasteiger partial charge in [-0.25, -0.2) is 4.98 Å². The van der Waals surface area contributed by atoms with Crippen molar-refractivity contribution in [3.8, 4) is 0 Å². The molecule has 1 aliphatic rings. The quantitative estimate of drug-likeness (QED) is 0.921. The SMILES string of the molecule is CCn1ncnc1CC(N)C1CCC(C(C)(C)C)CC1.